The van der Waals surface area contributed by atoms with Crippen molar-refractivity contribution >= 4 is 47.2 Å². The lowest BCUT2D eigenvalue weighted by Crippen LogP contribution is -2.48. The van der Waals surface area contributed by atoms with E-state index < -0.39 is 0 Å². The summed E-state index contributed by atoms with van der Waals surface area (Å²) < 4.78 is 5.72. The van der Waals surface area contributed by atoms with Crippen molar-refractivity contribution in [2.24, 2.45) is 4.99 Å². The van der Waals surface area contributed by atoms with Crippen molar-refractivity contribution in [3.63, 3.8) is 0 Å². The van der Waals surface area contributed by atoms with Gasteiger partial charge in [-0.3, -0.25) is 9.79 Å². The van der Waals surface area contributed by atoms with Gasteiger partial charge in [0.1, 0.15) is 5.01 Å². The Morgan fingerprint density at radius 2 is 1.77 bits per heavy atom. The summed E-state index contributed by atoms with van der Waals surface area (Å²) in [7, 11) is 1.75. The fourth-order valence-corrected chi connectivity index (χ4v) is 4.35. The number of benzene rings is 1. The molecule has 1 aliphatic rings. The summed E-state index contributed by atoms with van der Waals surface area (Å²) in [6.07, 6.45) is 0.135. The van der Waals surface area contributed by atoms with Crippen molar-refractivity contribution < 1.29 is 9.53 Å². The molecule has 170 valence electrons. The Hall–Kier alpha value is -1.72. The van der Waals surface area contributed by atoms with Crippen LogP contribution in [0.3, 0.4) is 0 Å². The standard InChI is InChI=1S/C22H31N5O2S.HI/c1-14-12-27(13-15(2)29-14)21(28)19-8-6-18(7-9-19)10-24-22(23-5)25-11-20-26-16(3)17(4)30-20;/h6-9,14-15H,10-13H2,1-5H3,(H2,23,24,25);1H. The zero-order valence-electron chi connectivity index (χ0n) is 18.8. The number of hydrogen-bond donors (Lipinski definition) is 2. The highest BCUT2D eigenvalue weighted by molar-refractivity contribution is 14.0. The maximum atomic E-state index is 12.8. The molecule has 31 heavy (non-hydrogen) atoms. The van der Waals surface area contributed by atoms with Crippen LogP contribution in [0.4, 0.5) is 0 Å². The van der Waals surface area contributed by atoms with Crippen molar-refractivity contribution in [3.05, 3.63) is 51.0 Å². The van der Waals surface area contributed by atoms with E-state index in [0.717, 1.165) is 22.2 Å². The van der Waals surface area contributed by atoms with Gasteiger partial charge in [0.15, 0.2) is 5.96 Å². The Morgan fingerprint density at radius 1 is 1.16 bits per heavy atom. The van der Waals surface area contributed by atoms with Gasteiger partial charge in [0.2, 0.25) is 0 Å². The van der Waals surface area contributed by atoms with Crippen LogP contribution in [0.25, 0.3) is 0 Å². The number of morpholine rings is 1. The van der Waals surface area contributed by atoms with Gasteiger partial charge in [0.25, 0.3) is 5.91 Å². The largest absolute Gasteiger partial charge is 0.372 e. The zero-order valence-corrected chi connectivity index (χ0v) is 21.9. The van der Waals surface area contributed by atoms with E-state index in [1.165, 1.54) is 4.88 Å². The van der Waals surface area contributed by atoms with E-state index >= 15 is 0 Å². The Bertz CT molecular complexity index is 870. The van der Waals surface area contributed by atoms with Crippen LogP contribution in [-0.2, 0) is 17.8 Å². The Labute approximate surface area is 205 Å². The summed E-state index contributed by atoms with van der Waals surface area (Å²) in [5.41, 5.74) is 2.87. The average Bonchev–Trinajstić information content (AvgIpc) is 3.04. The SMILES string of the molecule is CN=C(NCc1ccc(C(=O)N2CC(C)OC(C)C2)cc1)NCc1nc(C)c(C)s1.I. The Morgan fingerprint density at radius 3 is 2.32 bits per heavy atom. The van der Waals surface area contributed by atoms with E-state index in [9.17, 15) is 4.79 Å². The highest BCUT2D eigenvalue weighted by Crippen LogP contribution is 2.16. The van der Waals surface area contributed by atoms with E-state index in [4.69, 9.17) is 4.74 Å². The highest BCUT2D eigenvalue weighted by Gasteiger charge is 2.26. The molecular weight excluding hydrogens is 525 g/mol. The van der Waals surface area contributed by atoms with E-state index in [-0.39, 0.29) is 42.1 Å². The second-order valence-electron chi connectivity index (χ2n) is 7.69. The second-order valence-corrected chi connectivity index (χ2v) is 8.98. The summed E-state index contributed by atoms with van der Waals surface area (Å²) >= 11 is 1.70. The van der Waals surface area contributed by atoms with Crippen LogP contribution in [0.1, 0.15) is 45.3 Å². The summed E-state index contributed by atoms with van der Waals surface area (Å²) in [6.45, 7) is 10.6. The Balaban J connectivity index is 0.00000341. The molecule has 1 saturated heterocycles. The number of guanidine groups is 1. The van der Waals surface area contributed by atoms with Crippen molar-refractivity contribution in [2.45, 2.75) is 53.0 Å². The van der Waals surface area contributed by atoms with Crippen LogP contribution >= 0.6 is 35.3 Å². The number of carbonyl (C=O) groups excluding carboxylic acids is 1. The van der Waals surface area contributed by atoms with Gasteiger partial charge in [-0.2, -0.15) is 0 Å². The van der Waals surface area contributed by atoms with E-state index in [1.54, 1.807) is 18.4 Å². The van der Waals surface area contributed by atoms with Crippen molar-refractivity contribution in [3.8, 4) is 0 Å². The molecule has 7 nitrogen and oxygen atoms in total. The van der Waals surface area contributed by atoms with Crippen molar-refractivity contribution in [1.82, 2.24) is 20.5 Å². The first-order valence-corrected chi connectivity index (χ1v) is 11.1. The molecule has 9 heteroatoms. The van der Waals surface area contributed by atoms with Crippen LogP contribution in [0.2, 0.25) is 0 Å². The molecule has 0 bridgehead atoms. The molecule has 1 aliphatic heterocycles. The number of aromatic nitrogens is 1. The van der Waals surface area contributed by atoms with E-state index in [1.807, 2.05) is 49.9 Å². The van der Waals surface area contributed by atoms with E-state index in [0.29, 0.717) is 31.7 Å². The summed E-state index contributed by atoms with van der Waals surface area (Å²) in [5.74, 6) is 0.778. The minimum absolute atomic E-state index is 0. The van der Waals surface area contributed by atoms with Gasteiger partial charge >= 0.3 is 0 Å². The molecule has 3 rings (SSSR count). The predicted octanol–water partition coefficient (Wildman–Crippen LogP) is 3.49. The van der Waals surface area contributed by atoms with Crippen molar-refractivity contribution in [1.29, 1.82) is 0 Å². The predicted molar refractivity (Wildman–Crippen MR) is 136 cm³/mol. The number of hydrogen-bond acceptors (Lipinski definition) is 5. The molecular formula is C22H32IN5O2S. The number of carbonyl (C=O) groups is 1. The van der Waals surface area contributed by atoms with Gasteiger partial charge in [-0.25, -0.2) is 4.98 Å². The van der Waals surface area contributed by atoms with Crippen LogP contribution in [0.5, 0.6) is 0 Å². The summed E-state index contributed by atoms with van der Waals surface area (Å²) in [5, 5.41) is 7.64. The lowest BCUT2D eigenvalue weighted by atomic mass is 10.1. The molecule has 2 atom stereocenters. The molecule has 2 N–H and O–H groups in total. The summed E-state index contributed by atoms with van der Waals surface area (Å²) in [4.78, 5) is 24.7. The van der Waals surface area contributed by atoms with Crippen LogP contribution in [0.15, 0.2) is 29.3 Å². The first-order chi connectivity index (χ1) is 14.4. The van der Waals surface area contributed by atoms with Crippen LogP contribution in [0, 0.1) is 13.8 Å². The molecule has 1 fully saturated rings. The lowest BCUT2D eigenvalue weighted by Gasteiger charge is -2.35. The molecule has 0 spiro atoms. The average molecular weight is 558 g/mol. The van der Waals surface area contributed by atoms with Gasteiger partial charge in [0, 0.05) is 37.1 Å². The molecule has 2 unspecified atom stereocenters. The minimum atomic E-state index is 0. The van der Waals surface area contributed by atoms with Crippen LogP contribution < -0.4 is 10.6 Å². The molecule has 0 radical (unpaired) electrons. The number of aliphatic imine (C=N–C) groups is 1. The topological polar surface area (TPSA) is 78.9 Å². The third-order valence-corrected chi connectivity index (χ3v) is 6.14. The van der Waals surface area contributed by atoms with Gasteiger partial charge in [-0.05, 0) is 45.4 Å². The minimum Gasteiger partial charge on any atom is -0.372 e. The number of thiazole rings is 1. The molecule has 0 aliphatic carbocycles. The van der Waals surface area contributed by atoms with Gasteiger partial charge in [-0.15, -0.1) is 35.3 Å². The van der Waals surface area contributed by atoms with Crippen LogP contribution in [-0.4, -0.2) is 54.1 Å². The third kappa shape index (κ3) is 7.15. The quantitative estimate of drug-likeness (QED) is 0.335. The monoisotopic (exact) mass is 557 g/mol. The molecule has 1 amide bonds. The maximum absolute atomic E-state index is 12.8. The number of nitrogens with zero attached hydrogens (tertiary/aromatic N) is 3. The smallest absolute Gasteiger partial charge is 0.254 e. The first kappa shape index (κ1) is 25.5. The molecule has 1 aromatic heterocycles. The number of ether oxygens (including phenoxy) is 1. The normalized spacial score (nSPS) is 19.0. The zero-order chi connectivity index (χ0) is 21.7. The molecule has 2 heterocycles. The van der Waals surface area contributed by atoms with Crippen molar-refractivity contribution in [2.75, 3.05) is 20.1 Å². The summed E-state index contributed by atoms with van der Waals surface area (Å²) in [6, 6.07) is 7.74. The number of aryl methyl sites for hydroxylation is 2. The lowest BCUT2D eigenvalue weighted by molar-refractivity contribution is -0.0586. The molecule has 2 aromatic rings. The maximum Gasteiger partial charge on any atom is 0.254 e. The molecule has 0 saturated carbocycles. The second kappa shape index (κ2) is 11.8. The van der Waals surface area contributed by atoms with Gasteiger partial charge < -0.3 is 20.3 Å². The first-order valence-electron chi connectivity index (χ1n) is 10.3. The number of nitrogens with one attached hydrogen (secondary N) is 2. The number of rotatable bonds is 5. The third-order valence-electron chi connectivity index (χ3n) is 5.07. The number of halogens is 1. The molecule has 1 aromatic carbocycles. The van der Waals surface area contributed by atoms with E-state index in [2.05, 4.69) is 27.5 Å². The van der Waals surface area contributed by atoms with Gasteiger partial charge in [-0.1, -0.05) is 12.1 Å². The fraction of sp³-hybridized carbons (Fsp3) is 0.500. The number of amides is 1. The fourth-order valence-electron chi connectivity index (χ4n) is 3.47. The highest BCUT2D eigenvalue weighted by atomic mass is 127. The van der Waals surface area contributed by atoms with Gasteiger partial charge in [0.05, 0.1) is 24.4 Å². The Kier molecular flexibility index (Phi) is 9.70.